The van der Waals surface area contributed by atoms with Crippen LogP contribution in [0.5, 0.6) is 5.75 Å². The van der Waals surface area contributed by atoms with Crippen molar-refractivity contribution in [3.05, 3.63) is 55.9 Å². The van der Waals surface area contributed by atoms with Gasteiger partial charge in [0.25, 0.3) is 5.56 Å². The Labute approximate surface area is 156 Å². The lowest BCUT2D eigenvalue weighted by molar-refractivity contribution is 0.411. The van der Waals surface area contributed by atoms with Gasteiger partial charge in [0.15, 0.2) is 0 Å². The molecule has 25 heavy (non-hydrogen) atoms. The van der Waals surface area contributed by atoms with Gasteiger partial charge in [-0.05, 0) is 37.6 Å². The largest absolute Gasteiger partial charge is 0.496 e. The molecule has 0 fully saturated rings. The zero-order valence-electron chi connectivity index (χ0n) is 14.0. The van der Waals surface area contributed by atoms with Crippen molar-refractivity contribution in [3.8, 4) is 5.75 Å². The van der Waals surface area contributed by atoms with Crippen LogP contribution in [0.1, 0.15) is 11.3 Å². The Kier molecular flexibility index (Phi) is 6.16. The summed E-state index contributed by atoms with van der Waals surface area (Å²) in [6, 6.07) is 5.86. The maximum absolute atomic E-state index is 12.4. The van der Waals surface area contributed by atoms with E-state index >= 15 is 0 Å². The van der Waals surface area contributed by atoms with E-state index in [9.17, 15) is 13.2 Å². The molecule has 0 bridgehead atoms. The zero-order valence-corrected chi connectivity index (χ0v) is 16.3. The SMILES string of the molecule is COc1cc(C)n(CCNS(=O)(=O)c2cc(C)c(Cl)cc2Cl)c(=O)c1. The number of nitrogens with zero attached hydrogens (tertiary/aromatic N) is 1. The number of aromatic nitrogens is 1. The van der Waals surface area contributed by atoms with Crippen molar-refractivity contribution in [3.63, 3.8) is 0 Å². The maximum atomic E-state index is 12.4. The monoisotopic (exact) mass is 404 g/mol. The van der Waals surface area contributed by atoms with Gasteiger partial charge in [-0.15, -0.1) is 0 Å². The Morgan fingerprint density at radius 3 is 2.40 bits per heavy atom. The third kappa shape index (κ3) is 4.55. The average Bonchev–Trinajstić information content (AvgIpc) is 2.53. The molecule has 0 aliphatic carbocycles. The molecule has 1 heterocycles. The van der Waals surface area contributed by atoms with Gasteiger partial charge in [-0.25, -0.2) is 13.1 Å². The summed E-state index contributed by atoms with van der Waals surface area (Å²) in [5.41, 5.74) is 1.01. The molecule has 1 aromatic heterocycles. The Morgan fingerprint density at radius 2 is 1.80 bits per heavy atom. The standard InChI is InChI=1S/C16H18Cl2N2O4S/c1-10-6-15(14(18)9-13(10)17)25(22,23)19-4-5-20-11(2)7-12(24-3)8-16(20)21/h6-9,19H,4-5H2,1-3H3. The minimum absolute atomic E-state index is 0.0351. The molecule has 0 unspecified atom stereocenters. The molecule has 0 amide bonds. The summed E-state index contributed by atoms with van der Waals surface area (Å²) < 4.78 is 33.8. The first-order valence-corrected chi connectivity index (χ1v) is 9.60. The van der Waals surface area contributed by atoms with E-state index in [-0.39, 0.29) is 28.6 Å². The number of halogens is 2. The summed E-state index contributed by atoms with van der Waals surface area (Å²) in [5.74, 6) is 0.461. The van der Waals surface area contributed by atoms with E-state index in [0.717, 1.165) is 0 Å². The van der Waals surface area contributed by atoms with Crippen LogP contribution < -0.4 is 15.0 Å². The molecule has 136 valence electrons. The minimum Gasteiger partial charge on any atom is -0.496 e. The quantitative estimate of drug-likeness (QED) is 0.802. The van der Waals surface area contributed by atoms with Crippen molar-refractivity contribution in [1.29, 1.82) is 0 Å². The summed E-state index contributed by atoms with van der Waals surface area (Å²) in [6.07, 6.45) is 0. The number of aryl methyl sites for hydroxylation is 2. The van der Waals surface area contributed by atoms with Crippen molar-refractivity contribution >= 4 is 33.2 Å². The van der Waals surface area contributed by atoms with Gasteiger partial charge >= 0.3 is 0 Å². The first-order valence-electron chi connectivity index (χ1n) is 7.36. The topological polar surface area (TPSA) is 77.4 Å². The summed E-state index contributed by atoms with van der Waals surface area (Å²) in [6.45, 7) is 3.65. The summed E-state index contributed by atoms with van der Waals surface area (Å²) in [7, 11) is -2.34. The van der Waals surface area contributed by atoms with Crippen LogP contribution in [0, 0.1) is 13.8 Å². The molecule has 2 rings (SSSR count). The average molecular weight is 405 g/mol. The van der Waals surface area contributed by atoms with Crippen molar-refractivity contribution in [2.75, 3.05) is 13.7 Å². The van der Waals surface area contributed by atoms with Crippen molar-refractivity contribution in [2.45, 2.75) is 25.3 Å². The molecule has 0 saturated carbocycles. The molecule has 0 atom stereocenters. The Bertz CT molecular complexity index is 955. The fourth-order valence-corrected chi connectivity index (χ4v) is 4.16. The number of sulfonamides is 1. The van der Waals surface area contributed by atoms with E-state index in [0.29, 0.717) is 22.0 Å². The number of hydrogen-bond donors (Lipinski definition) is 1. The number of rotatable bonds is 6. The molecule has 2 aromatic rings. The molecule has 0 spiro atoms. The van der Waals surface area contributed by atoms with Gasteiger partial charge in [-0.1, -0.05) is 23.2 Å². The highest BCUT2D eigenvalue weighted by Gasteiger charge is 2.19. The molecule has 9 heteroatoms. The van der Waals surface area contributed by atoms with Gasteiger partial charge in [0.2, 0.25) is 10.0 Å². The van der Waals surface area contributed by atoms with Crippen LogP contribution in [0.2, 0.25) is 10.0 Å². The summed E-state index contributed by atoms with van der Waals surface area (Å²) in [5, 5.41) is 0.435. The fraction of sp³-hybridized carbons (Fsp3) is 0.312. The summed E-state index contributed by atoms with van der Waals surface area (Å²) in [4.78, 5) is 12.0. The van der Waals surface area contributed by atoms with Crippen LogP contribution in [-0.2, 0) is 16.6 Å². The molecule has 6 nitrogen and oxygen atoms in total. The van der Waals surface area contributed by atoms with Gasteiger partial charge in [0.05, 0.1) is 12.1 Å². The van der Waals surface area contributed by atoms with Gasteiger partial charge in [0, 0.05) is 29.9 Å². The Morgan fingerprint density at radius 1 is 1.12 bits per heavy atom. The maximum Gasteiger partial charge on any atom is 0.254 e. The number of benzene rings is 1. The predicted molar refractivity (Wildman–Crippen MR) is 98.4 cm³/mol. The second-order valence-electron chi connectivity index (χ2n) is 5.46. The van der Waals surface area contributed by atoms with Gasteiger partial charge in [0.1, 0.15) is 10.6 Å². The number of hydrogen-bond acceptors (Lipinski definition) is 4. The van der Waals surface area contributed by atoms with Gasteiger partial charge < -0.3 is 9.30 Å². The highest BCUT2D eigenvalue weighted by Crippen LogP contribution is 2.27. The molecule has 0 aliphatic rings. The van der Waals surface area contributed by atoms with Crippen molar-refractivity contribution in [2.24, 2.45) is 0 Å². The molecule has 1 aromatic carbocycles. The Balaban J connectivity index is 2.17. The van der Waals surface area contributed by atoms with Crippen LogP contribution >= 0.6 is 23.2 Å². The fourth-order valence-electron chi connectivity index (χ4n) is 2.31. The van der Waals surface area contributed by atoms with Gasteiger partial charge in [-0.2, -0.15) is 0 Å². The van der Waals surface area contributed by atoms with E-state index < -0.39 is 10.0 Å². The van der Waals surface area contributed by atoms with Crippen LogP contribution in [0.25, 0.3) is 0 Å². The lowest BCUT2D eigenvalue weighted by atomic mass is 10.2. The van der Waals surface area contributed by atoms with E-state index in [4.69, 9.17) is 27.9 Å². The van der Waals surface area contributed by atoms with Crippen LogP contribution in [0.15, 0.2) is 34.0 Å². The third-order valence-electron chi connectivity index (χ3n) is 3.67. The lowest BCUT2D eigenvalue weighted by Crippen LogP contribution is -2.31. The molecular weight excluding hydrogens is 387 g/mol. The van der Waals surface area contributed by atoms with Crippen LogP contribution in [0.4, 0.5) is 0 Å². The van der Waals surface area contributed by atoms with Crippen molar-refractivity contribution < 1.29 is 13.2 Å². The minimum atomic E-state index is -3.82. The lowest BCUT2D eigenvalue weighted by Gasteiger charge is -2.13. The van der Waals surface area contributed by atoms with E-state index in [1.54, 1.807) is 19.9 Å². The van der Waals surface area contributed by atoms with Gasteiger partial charge in [-0.3, -0.25) is 4.79 Å². The third-order valence-corrected chi connectivity index (χ3v) is 6.01. The van der Waals surface area contributed by atoms with E-state index in [1.807, 2.05) is 0 Å². The number of pyridine rings is 1. The van der Waals surface area contributed by atoms with E-state index in [1.165, 1.54) is 29.9 Å². The first kappa shape index (κ1) is 19.8. The highest BCUT2D eigenvalue weighted by atomic mass is 35.5. The summed E-state index contributed by atoms with van der Waals surface area (Å²) >= 11 is 11.9. The van der Waals surface area contributed by atoms with Crippen LogP contribution in [0.3, 0.4) is 0 Å². The predicted octanol–water partition coefficient (Wildman–Crippen LogP) is 2.76. The highest BCUT2D eigenvalue weighted by molar-refractivity contribution is 7.89. The molecule has 0 aliphatic heterocycles. The molecular formula is C16H18Cl2N2O4S. The first-order chi connectivity index (χ1) is 11.7. The smallest absolute Gasteiger partial charge is 0.254 e. The molecule has 0 radical (unpaired) electrons. The normalized spacial score (nSPS) is 11.6. The second kappa shape index (κ2) is 7.78. The zero-order chi connectivity index (χ0) is 18.8. The second-order valence-corrected chi connectivity index (χ2v) is 8.01. The Hall–Kier alpha value is -1.54. The molecule has 0 saturated heterocycles. The van der Waals surface area contributed by atoms with Crippen LogP contribution in [-0.4, -0.2) is 26.6 Å². The van der Waals surface area contributed by atoms with Crippen molar-refractivity contribution in [1.82, 2.24) is 9.29 Å². The number of ether oxygens (including phenoxy) is 1. The number of methoxy groups -OCH3 is 1. The van der Waals surface area contributed by atoms with E-state index in [2.05, 4.69) is 4.72 Å². The number of nitrogens with one attached hydrogen (secondary N) is 1. The molecule has 1 N–H and O–H groups in total.